The second-order valence-corrected chi connectivity index (χ2v) is 11.9. The third kappa shape index (κ3) is 8.64. The molecular weight excluding hydrogens is 607 g/mol. The van der Waals surface area contributed by atoms with Crippen molar-refractivity contribution in [2.45, 2.75) is 50.3 Å². The van der Waals surface area contributed by atoms with Crippen LogP contribution in [0.15, 0.2) is 77.7 Å². The number of unbranched alkanes of at least 4 members (excludes halogenated alkanes) is 1. The fourth-order valence-corrected chi connectivity index (χ4v) is 5.87. The number of nitrogens with zero attached hydrogens (tertiary/aromatic N) is 2. The highest BCUT2D eigenvalue weighted by Gasteiger charge is 2.37. The molecule has 3 rings (SSSR count). The van der Waals surface area contributed by atoms with Crippen molar-refractivity contribution in [2.75, 3.05) is 24.5 Å². The van der Waals surface area contributed by atoms with Crippen LogP contribution in [0.4, 0.5) is 18.9 Å². The molecular formula is C30H33ClF3N3O5S. The van der Waals surface area contributed by atoms with Crippen molar-refractivity contribution in [3.63, 3.8) is 0 Å². The maximum absolute atomic E-state index is 13.9. The minimum atomic E-state index is -4.89. The normalized spacial score (nSPS) is 12.3. The molecule has 0 saturated carbocycles. The second-order valence-electron chi connectivity index (χ2n) is 9.68. The van der Waals surface area contributed by atoms with E-state index < -0.39 is 56.9 Å². The minimum absolute atomic E-state index is 0.105. The fraction of sp³-hybridized carbons (Fsp3) is 0.333. The first-order valence-corrected chi connectivity index (χ1v) is 15.3. The van der Waals surface area contributed by atoms with Gasteiger partial charge in [0.2, 0.25) is 11.8 Å². The Kier molecular flexibility index (Phi) is 11.5. The van der Waals surface area contributed by atoms with E-state index in [1.165, 1.54) is 43.2 Å². The SMILES string of the molecule is CCCCNC(=O)[C@@H](C)N(Cc1cccc(OC)c1)C(=O)CN(c1ccc(Cl)c(C(F)(F)F)c1)S(=O)(=O)c1ccccc1. The molecule has 43 heavy (non-hydrogen) atoms. The number of carbonyl (C=O) groups is 2. The summed E-state index contributed by atoms with van der Waals surface area (Å²) in [5.74, 6) is -0.781. The quantitative estimate of drug-likeness (QED) is 0.235. The standard InChI is InChI=1S/C30H33ClF3N3O5S/c1-4-5-16-35-29(39)21(2)36(19-22-10-9-11-24(17-22)42-3)28(38)20-37(43(40,41)25-12-7-6-8-13-25)23-14-15-27(31)26(18-23)30(32,33)34/h6-15,17-18,21H,4-5,16,19-20H2,1-3H3,(H,35,39)/t21-/m1/s1. The largest absolute Gasteiger partial charge is 0.497 e. The van der Waals surface area contributed by atoms with Crippen LogP contribution in [0.3, 0.4) is 0 Å². The third-order valence-electron chi connectivity index (χ3n) is 6.64. The maximum atomic E-state index is 13.9. The summed E-state index contributed by atoms with van der Waals surface area (Å²) in [6.07, 6.45) is -3.35. The van der Waals surface area contributed by atoms with Crippen molar-refractivity contribution in [1.82, 2.24) is 10.2 Å². The molecule has 0 aliphatic carbocycles. The molecule has 3 aromatic carbocycles. The van der Waals surface area contributed by atoms with E-state index >= 15 is 0 Å². The molecule has 1 N–H and O–H groups in total. The molecule has 0 radical (unpaired) electrons. The summed E-state index contributed by atoms with van der Waals surface area (Å²) in [5.41, 5.74) is -1.09. The molecule has 0 unspecified atom stereocenters. The zero-order chi connectivity index (χ0) is 31.8. The number of hydrogen-bond donors (Lipinski definition) is 1. The van der Waals surface area contributed by atoms with Gasteiger partial charge in [-0.3, -0.25) is 13.9 Å². The monoisotopic (exact) mass is 639 g/mol. The first kappa shape index (κ1) is 33.7. The van der Waals surface area contributed by atoms with E-state index in [1.54, 1.807) is 30.3 Å². The summed E-state index contributed by atoms with van der Waals surface area (Å²) < 4.78 is 74.7. The van der Waals surface area contributed by atoms with Crippen LogP contribution in [0.25, 0.3) is 0 Å². The summed E-state index contributed by atoms with van der Waals surface area (Å²) in [6, 6.07) is 15.3. The Bertz CT molecular complexity index is 1520. The van der Waals surface area contributed by atoms with Gasteiger partial charge in [-0.1, -0.05) is 55.3 Å². The number of nitrogens with one attached hydrogen (secondary N) is 1. The Morgan fingerprint density at radius 1 is 1.02 bits per heavy atom. The van der Waals surface area contributed by atoms with E-state index in [0.717, 1.165) is 18.6 Å². The van der Waals surface area contributed by atoms with Crippen molar-refractivity contribution < 1.29 is 35.9 Å². The van der Waals surface area contributed by atoms with Gasteiger partial charge in [-0.15, -0.1) is 0 Å². The zero-order valence-corrected chi connectivity index (χ0v) is 25.5. The lowest BCUT2D eigenvalue weighted by Gasteiger charge is -2.32. The summed E-state index contributed by atoms with van der Waals surface area (Å²) in [5, 5.41) is 2.14. The van der Waals surface area contributed by atoms with Gasteiger partial charge in [-0.05, 0) is 61.4 Å². The number of hydrogen-bond acceptors (Lipinski definition) is 5. The lowest BCUT2D eigenvalue weighted by molar-refractivity contribution is -0.139. The topological polar surface area (TPSA) is 96.0 Å². The summed E-state index contributed by atoms with van der Waals surface area (Å²) >= 11 is 5.80. The van der Waals surface area contributed by atoms with Crippen LogP contribution in [0.1, 0.15) is 37.8 Å². The van der Waals surface area contributed by atoms with Gasteiger partial charge in [0.25, 0.3) is 10.0 Å². The second kappa shape index (κ2) is 14.6. The molecule has 0 bridgehead atoms. The summed E-state index contributed by atoms with van der Waals surface area (Å²) in [7, 11) is -3.08. The molecule has 1 atom stereocenters. The average molecular weight is 640 g/mol. The number of sulfonamides is 1. The minimum Gasteiger partial charge on any atom is -0.497 e. The Balaban J connectivity index is 2.09. The number of carbonyl (C=O) groups excluding carboxylic acids is 2. The molecule has 3 aromatic rings. The van der Waals surface area contributed by atoms with Crippen LogP contribution < -0.4 is 14.4 Å². The Hall–Kier alpha value is -3.77. The molecule has 0 spiro atoms. The molecule has 13 heteroatoms. The number of amides is 2. The number of methoxy groups -OCH3 is 1. The van der Waals surface area contributed by atoms with Gasteiger partial charge >= 0.3 is 6.18 Å². The van der Waals surface area contributed by atoms with Crippen molar-refractivity contribution in [3.05, 3.63) is 88.9 Å². The Labute approximate surface area is 254 Å². The highest BCUT2D eigenvalue weighted by molar-refractivity contribution is 7.92. The lowest BCUT2D eigenvalue weighted by atomic mass is 10.1. The Morgan fingerprint density at radius 3 is 2.35 bits per heavy atom. The number of ether oxygens (including phenoxy) is 1. The number of anilines is 1. The van der Waals surface area contributed by atoms with E-state index in [0.29, 0.717) is 34.7 Å². The van der Waals surface area contributed by atoms with Crippen molar-refractivity contribution in [1.29, 1.82) is 0 Å². The van der Waals surface area contributed by atoms with Gasteiger partial charge in [0.1, 0.15) is 18.3 Å². The smallest absolute Gasteiger partial charge is 0.417 e. The van der Waals surface area contributed by atoms with Crippen molar-refractivity contribution in [2.24, 2.45) is 0 Å². The molecule has 2 amide bonds. The van der Waals surface area contributed by atoms with E-state index in [-0.39, 0.29) is 11.4 Å². The number of alkyl halides is 3. The van der Waals surface area contributed by atoms with Gasteiger partial charge in [0.15, 0.2) is 0 Å². The van der Waals surface area contributed by atoms with Crippen molar-refractivity contribution in [3.8, 4) is 5.75 Å². The van der Waals surface area contributed by atoms with Gasteiger partial charge in [-0.2, -0.15) is 13.2 Å². The van der Waals surface area contributed by atoms with Crippen LogP contribution in [0, 0.1) is 0 Å². The molecule has 0 aliphatic rings. The van der Waals surface area contributed by atoms with E-state index in [1.807, 2.05) is 6.92 Å². The highest BCUT2D eigenvalue weighted by atomic mass is 35.5. The van der Waals surface area contributed by atoms with Gasteiger partial charge in [0.05, 0.1) is 28.3 Å². The molecule has 0 heterocycles. The first-order chi connectivity index (χ1) is 20.3. The van der Waals surface area contributed by atoms with Gasteiger partial charge < -0.3 is 15.0 Å². The number of benzene rings is 3. The zero-order valence-electron chi connectivity index (χ0n) is 23.9. The van der Waals surface area contributed by atoms with Crippen LogP contribution in [-0.2, 0) is 32.3 Å². The molecule has 0 fully saturated rings. The third-order valence-corrected chi connectivity index (χ3v) is 8.75. The van der Waals surface area contributed by atoms with Gasteiger partial charge in [0, 0.05) is 13.1 Å². The van der Waals surface area contributed by atoms with Crippen LogP contribution >= 0.6 is 11.6 Å². The lowest BCUT2D eigenvalue weighted by Crippen LogP contribution is -2.51. The molecule has 8 nitrogen and oxygen atoms in total. The van der Waals surface area contributed by atoms with Crippen LogP contribution in [-0.4, -0.2) is 51.4 Å². The predicted molar refractivity (Wildman–Crippen MR) is 158 cm³/mol. The van der Waals surface area contributed by atoms with E-state index in [4.69, 9.17) is 16.3 Å². The average Bonchev–Trinajstić information content (AvgIpc) is 2.98. The van der Waals surface area contributed by atoms with Crippen LogP contribution in [0.2, 0.25) is 5.02 Å². The Morgan fingerprint density at radius 2 is 1.72 bits per heavy atom. The first-order valence-electron chi connectivity index (χ1n) is 13.4. The predicted octanol–water partition coefficient (Wildman–Crippen LogP) is 5.90. The summed E-state index contributed by atoms with van der Waals surface area (Å²) in [6.45, 7) is 2.83. The van der Waals surface area contributed by atoms with Crippen molar-refractivity contribution >= 4 is 39.1 Å². The highest BCUT2D eigenvalue weighted by Crippen LogP contribution is 2.38. The van der Waals surface area contributed by atoms with Crippen LogP contribution in [0.5, 0.6) is 5.75 Å². The molecule has 0 aliphatic heterocycles. The molecule has 0 aromatic heterocycles. The molecule has 0 saturated heterocycles. The molecule has 232 valence electrons. The number of halogens is 4. The van der Waals surface area contributed by atoms with Gasteiger partial charge in [-0.25, -0.2) is 8.42 Å². The van der Waals surface area contributed by atoms with E-state index in [2.05, 4.69) is 5.32 Å². The fourth-order valence-electron chi connectivity index (χ4n) is 4.22. The number of rotatable bonds is 13. The summed E-state index contributed by atoms with van der Waals surface area (Å²) in [4.78, 5) is 27.9. The maximum Gasteiger partial charge on any atom is 0.417 e. The van der Waals surface area contributed by atoms with E-state index in [9.17, 15) is 31.2 Å².